The third-order valence-electron chi connectivity index (χ3n) is 3.05. The highest BCUT2D eigenvalue weighted by Crippen LogP contribution is 2.17. The minimum Gasteiger partial charge on any atom is -0.324 e. The maximum absolute atomic E-state index is 13.5. The van der Waals surface area contributed by atoms with Gasteiger partial charge in [0.05, 0.1) is 6.20 Å². The molecule has 1 aromatic carbocycles. The molecule has 0 fully saturated rings. The first-order chi connectivity index (χ1) is 9.51. The van der Waals surface area contributed by atoms with Crippen LogP contribution >= 0.6 is 12.4 Å². The number of rotatable bonds is 4. The second-order valence-corrected chi connectivity index (χ2v) is 4.62. The number of benzene rings is 1. The van der Waals surface area contributed by atoms with Crippen LogP contribution in [0.3, 0.4) is 0 Å². The summed E-state index contributed by atoms with van der Waals surface area (Å²) in [7, 11) is 3.47. The van der Waals surface area contributed by atoms with E-state index in [2.05, 4.69) is 15.7 Å². The highest BCUT2D eigenvalue weighted by molar-refractivity contribution is 5.95. The molecule has 0 saturated heterocycles. The van der Waals surface area contributed by atoms with Gasteiger partial charge in [0.2, 0.25) is 5.91 Å². The molecule has 1 aromatic heterocycles. The number of anilines is 1. The van der Waals surface area contributed by atoms with Gasteiger partial charge in [0.15, 0.2) is 0 Å². The number of nitrogens with zero attached hydrogens (tertiary/aromatic N) is 2. The number of nitrogens with one attached hydrogen (secondary N) is 2. The number of aromatic nitrogens is 2. The average Bonchev–Trinajstić information content (AvgIpc) is 2.81. The van der Waals surface area contributed by atoms with Gasteiger partial charge >= 0.3 is 0 Å². The van der Waals surface area contributed by atoms with E-state index in [0.29, 0.717) is 11.3 Å². The van der Waals surface area contributed by atoms with E-state index in [1.165, 1.54) is 6.07 Å². The molecule has 0 radical (unpaired) electrons. The zero-order chi connectivity index (χ0) is 14.7. The highest BCUT2D eigenvalue weighted by Gasteiger charge is 2.20. The zero-order valence-electron chi connectivity index (χ0n) is 12.1. The van der Waals surface area contributed by atoms with Crippen molar-refractivity contribution in [3.05, 3.63) is 47.5 Å². The van der Waals surface area contributed by atoms with Gasteiger partial charge in [-0.3, -0.25) is 9.48 Å². The summed E-state index contributed by atoms with van der Waals surface area (Å²) in [5.74, 6) is -0.603. The first kappa shape index (κ1) is 17.1. The van der Waals surface area contributed by atoms with E-state index in [1.54, 1.807) is 50.2 Å². The molecule has 0 aliphatic carbocycles. The van der Waals surface area contributed by atoms with Crippen LogP contribution in [-0.4, -0.2) is 22.7 Å². The molecular formula is C14H18ClFN4O. The summed E-state index contributed by atoms with van der Waals surface area (Å²) in [6.45, 7) is 1.67. The Bertz CT molecular complexity index is 629. The molecule has 5 nitrogen and oxygen atoms in total. The lowest BCUT2D eigenvalue weighted by Gasteiger charge is -2.14. The fourth-order valence-electron chi connectivity index (χ4n) is 1.92. The van der Waals surface area contributed by atoms with Crippen LogP contribution in [0.25, 0.3) is 0 Å². The van der Waals surface area contributed by atoms with E-state index in [-0.39, 0.29) is 24.1 Å². The summed E-state index contributed by atoms with van der Waals surface area (Å²) in [5.41, 5.74) is 1.72. The molecule has 0 spiro atoms. The van der Waals surface area contributed by atoms with Crippen molar-refractivity contribution in [3.8, 4) is 0 Å². The minimum absolute atomic E-state index is 0. The first-order valence-corrected chi connectivity index (χ1v) is 6.24. The van der Waals surface area contributed by atoms with Gasteiger partial charge in [-0.1, -0.05) is 6.07 Å². The van der Waals surface area contributed by atoms with Crippen molar-refractivity contribution in [1.82, 2.24) is 15.1 Å². The van der Waals surface area contributed by atoms with Gasteiger partial charge < -0.3 is 10.6 Å². The SMILES string of the molecule is CNC(C(=O)Nc1ccc(C)c(F)c1)c1cnn(C)c1.Cl. The molecular weight excluding hydrogens is 295 g/mol. The van der Waals surface area contributed by atoms with Crippen molar-refractivity contribution in [2.75, 3.05) is 12.4 Å². The molecule has 1 atom stereocenters. The molecule has 0 aliphatic heterocycles. The minimum atomic E-state index is -0.534. The summed E-state index contributed by atoms with van der Waals surface area (Å²) in [5, 5.41) is 9.65. The molecule has 2 N–H and O–H groups in total. The van der Waals surface area contributed by atoms with Crippen molar-refractivity contribution in [2.24, 2.45) is 7.05 Å². The van der Waals surface area contributed by atoms with Gasteiger partial charge in [0.1, 0.15) is 11.9 Å². The van der Waals surface area contributed by atoms with E-state index in [9.17, 15) is 9.18 Å². The quantitative estimate of drug-likeness (QED) is 0.910. The molecule has 1 heterocycles. The average molecular weight is 313 g/mol. The second-order valence-electron chi connectivity index (χ2n) is 4.62. The number of carbonyl (C=O) groups is 1. The molecule has 2 aromatic rings. The van der Waals surface area contributed by atoms with Crippen LogP contribution in [-0.2, 0) is 11.8 Å². The molecule has 0 aliphatic rings. The molecule has 0 bridgehead atoms. The Morgan fingerprint density at radius 3 is 2.67 bits per heavy atom. The molecule has 2 rings (SSSR count). The predicted molar refractivity (Wildman–Crippen MR) is 82.0 cm³/mol. The third kappa shape index (κ3) is 4.03. The molecule has 21 heavy (non-hydrogen) atoms. The number of aryl methyl sites for hydroxylation is 2. The monoisotopic (exact) mass is 312 g/mol. The lowest BCUT2D eigenvalue weighted by molar-refractivity contribution is -0.118. The summed E-state index contributed by atoms with van der Waals surface area (Å²) in [6.07, 6.45) is 3.38. The standard InChI is InChI=1S/C14H17FN4O.ClH/c1-9-4-5-11(6-12(9)15)18-14(20)13(16-2)10-7-17-19(3)8-10;/h4-8,13,16H,1-3H3,(H,18,20);1H. The van der Waals surface area contributed by atoms with Crippen molar-refractivity contribution in [3.63, 3.8) is 0 Å². The van der Waals surface area contributed by atoms with Crippen molar-refractivity contribution in [2.45, 2.75) is 13.0 Å². The number of amides is 1. The smallest absolute Gasteiger partial charge is 0.246 e. The predicted octanol–water partition coefficient (Wildman–Crippen LogP) is 2.19. The number of likely N-dealkylation sites (N-methyl/N-ethyl adjacent to an activating group) is 1. The Kier molecular flexibility index (Phi) is 5.87. The lowest BCUT2D eigenvalue weighted by Crippen LogP contribution is -2.30. The number of carbonyl (C=O) groups excluding carboxylic acids is 1. The van der Waals surface area contributed by atoms with Crippen LogP contribution in [0, 0.1) is 12.7 Å². The normalized spacial score (nSPS) is 11.6. The van der Waals surface area contributed by atoms with Gasteiger partial charge in [-0.15, -0.1) is 12.4 Å². The van der Waals surface area contributed by atoms with Crippen LogP contribution < -0.4 is 10.6 Å². The third-order valence-corrected chi connectivity index (χ3v) is 3.05. The van der Waals surface area contributed by atoms with Crippen LogP contribution in [0.15, 0.2) is 30.6 Å². The van der Waals surface area contributed by atoms with Crippen LogP contribution in [0.4, 0.5) is 10.1 Å². The summed E-state index contributed by atoms with van der Waals surface area (Å²) in [4.78, 5) is 12.2. The Labute approximate surface area is 129 Å². The number of hydrogen-bond donors (Lipinski definition) is 2. The van der Waals surface area contributed by atoms with Gasteiger partial charge in [-0.2, -0.15) is 5.10 Å². The van der Waals surface area contributed by atoms with Crippen molar-refractivity contribution < 1.29 is 9.18 Å². The van der Waals surface area contributed by atoms with Crippen molar-refractivity contribution in [1.29, 1.82) is 0 Å². The van der Waals surface area contributed by atoms with E-state index in [0.717, 1.165) is 5.56 Å². The molecule has 114 valence electrons. The summed E-state index contributed by atoms with van der Waals surface area (Å²) in [6, 6.07) is 4.08. The van der Waals surface area contributed by atoms with E-state index in [1.807, 2.05) is 0 Å². The topological polar surface area (TPSA) is 59.0 Å². The zero-order valence-corrected chi connectivity index (χ0v) is 12.9. The van der Waals surface area contributed by atoms with Gasteiger partial charge in [0.25, 0.3) is 0 Å². The van der Waals surface area contributed by atoms with Crippen LogP contribution in [0.1, 0.15) is 17.2 Å². The van der Waals surface area contributed by atoms with Crippen LogP contribution in [0.5, 0.6) is 0 Å². The Balaban J connectivity index is 0.00000220. The fraction of sp³-hybridized carbons (Fsp3) is 0.286. The lowest BCUT2D eigenvalue weighted by atomic mass is 10.1. The maximum Gasteiger partial charge on any atom is 0.246 e. The van der Waals surface area contributed by atoms with Gasteiger partial charge in [0, 0.05) is 24.5 Å². The van der Waals surface area contributed by atoms with E-state index < -0.39 is 6.04 Å². The van der Waals surface area contributed by atoms with Crippen LogP contribution in [0.2, 0.25) is 0 Å². The fourth-order valence-corrected chi connectivity index (χ4v) is 1.92. The van der Waals surface area contributed by atoms with Gasteiger partial charge in [-0.05, 0) is 31.7 Å². The molecule has 1 amide bonds. The highest BCUT2D eigenvalue weighted by atomic mass is 35.5. The Hall–Kier alpha value is -1.92. The van der Waals surface area contributed by atoms with Gasteiger partial charge in [-0.25, -0.2) is 4.39 Å². The van der Waals surface area contributed by atoms with E-state index >= 15 is 0 Å². The first-order valence-electron chi connectivity index (χ1n) is 6.24. The summed E-state index contributed by atoms with van der Waals surface area (Å²) >= 11 is 0. The second kappa shape index (κ2) is 7.19. The summed E-state index contributed by atoms with van der Waals surface area (Å²) < 4.78 is 15.1. The largest absolute Gasteiger partial charge is 0.324 e. The molecule has 1 unspecified atom stereocenters. The van der Waals surface area contributed by atoms with E-state index in [4.69, 9.17) is 0 Å². The molecule has 0 saturated carbocycles. The number of hydrogen-bond acceptors (Lipinski definition) is 3. The Morgan fingerprint density at radius 1 is 1.43 bits per heavy atom. The maximum atomic E-state index is 13.5. The number of halogens is 2. The van der Waals surface area contributed by atoms with Crippen molar-refractivity contribution >= 4 is 24.0 Å². The molecule has 7 heteroatoms. The Morgan fingerprint density at radius 2 is 2.14 bits per heavy atom.